The molecule has 0 aliphatic heterocycles. The summed E-state index contributed by atoms with van der Waals surface area (Å²) in [5.74, 6) is 0.597. The second-order valence-electron chi connectivity index (χ2n) is 6.32. The molecule has 114 valence electrons. The predicted molar refractivity (Wildman–Crippen MR) is 82.1 cm³/mol. The third kappa shape index (κ3) is 4.60. The average molecular weight is 279 g/mol. The van der Waals surface area contributed by atoms with E-state index in [2.05, 4.69) is 42.8 Å². The van der Waals surface area contributed by atoms with Crippen LogP contribution in [0.3, 0.4) is 0 Å². The number of rotatable bonds is 9. The number of nitrogens with zero attached hydrogens (tertiary/aromatic N) is 2. The number of ether oxygens (including phenoxy) is 1. The number of aromatic nitrogens is 2. The molecule has 1 fully saturated rings. The lowest BCUT2D eigenvalue weighted by Gasteiger charge is -2.08. The van der Waals surface area contributed by atoms with Crippen LogP contribution < -0.4 is 5.32 Å². The van der Waals surface area contributed by atoms with Gasteiger partial charge in [-0.05, 0) is 51.1 Å². The summed E-state index contributed by atoms with van der Waals surface area (Å²) in [6, 6.07) is 0.787. The Hall–Kier alpha value is -0.870. The van der Waals surface area contributed by atoms with Crippen LogP contribution in [0, 0.1) is 19.8 Å². The summed E-state index contributed by atoms with van der Waals surface area (Å²) in [6.45, 7) is 12.1. The van der Waals surface area contributed by atoms with Gasteiger partial charge in [-0.1, -0.05) is 13.8 Å². The van der Waals surface area contributed by atoms with Gasteiger partial charge in [-0.2, -0.15) is 5.10 Å². The number of nitrogens with one attached hydrogen (secondary N) is 1. The fourth-order valence-corrected chi connectivity index (χ4v) is 2.47. The molecular weight excluding hydrogens is 250 g/mol. The van der Waals surface area contributed by atoms with Crippen LogP contribution in [0.25, 0.3) is 0 Å². The monoisotopic (exact) mass is 279 g/mol. The Morgan fingerprint density at radius 3 is 2.75 bits per heavy atom. The number of hydrogen-bond donors (Lipinski definition) is 1. The lowest BCUT2D eigenvalue weighted by atomic mass is 10.1. The van der Waals surface area contributed by atoms with Gasteiger partial charge in [0.1, 0.15) is 0 Å². The molecule has 0 spiro atoms. The molecule has 1 saturated carbocycles. The second-order valence-corrected chi connectivity index (χ2v) is 6.32. The third-order valence-corrected chi connectivity index (χ3v) is 3.82. The average Bonchev–Trinajstić information content (AvgIpc) is 3.16. The first-order valence-corrected chi connectivity index (χ1v) is 7.92. The van der Waals surface area contributed by atoms with Crippen LogP contribution in [0.2, 0.25) is 0 Å². The molecule has 0 radical (unpaired) electrons. The van der Waals surface area contributed by atoms with Crippen molar-refractivity contribution in [3.05, 3.63) is 17.0 Å². The van der Waals surface area contributed by atoms with Gasteiger partial charge >= 0.3 is 0 Å². The van der Waals surface area contributed by atoms with E-state index >= 15 is 0 Å². The molecule has 4 heteroatoms. The molecule has 0 saturated heterocycles. The Balaban J connectivity index is 1.80. The number of hydrogen-bond acceptors (Lipinski definition) is 3. The Morgan fingerprint density at radius 1 is 1.35 bits per heavy atom. The van der Waals surface area contributed by atoms with E-state index in [-0.39, 0.29) is 0 Å². The van der Waals surface area contributed by atoms with Crippen LogP contribution in [0.4, 0.5) is 0 Å². The standard InChI is InChI=1S/C16H29N3O/c1-12(2)11-20-10-9-19-14(4)16(13(3)18-19)7-8-17-15-5-6-15/h12,15,17H,5-11H2,1-4H3. The van der Waals surface area contributed by atoms with Crippen molar-refractivity contribution in [2.24, 2.45) is 5.92 Å². The Labute approximate surface area is 122 Å². The molecule has 1 aromatic rings. The molecule has 4 nitrogen and oxygen atoms in total. The fourth-order valence-electron chi connectivity index (χ4n) is 2.47. The zero-order valence-electron chi connectivity index (χ0n) is 13.4. The van der Waals surface area contributed by atoms with Gasteiger partial charge in [0.15, 0.2) is 0 Å². The van der Waals surface area contributed by atoms with E-state index in [9.17, 15) is 0 Å². The molecule has 0 bridgehead atoms. The van der Waals surface area contributed by atoms with Crippen LogP contribution in [0.5, 0.6) is 0 Å². The maximum Gasteiger partial charge on any atom is 0.0662 e. The molecule has 1 aliphatic carbocycles. The van der Waals surface area contributed by atoms with E-state index in [1.165, 1.54) is 29.8 Å². The number of aryl methyl sites for hydroxylation is 1. The predicted octanol–water partition coefficient (Wildman–Crippen LogP) is 2.47. The van der Waals surface area contributed by atoms with Crippen molar-refractivity contribution in [3.8, 4) is 0 Å². The van der Waals surface area contributed by atoms with Crippen molar-refractivity contribution in [1.82, 2.24) is 15.1 Å². The first-order valence-electron chi connectivity index (χ1n) is 7.92. The summed E-state index contributed by atoms with van der Waals surface area (Å²) >= 11 is 0. The normalized spacial score (nSPS) is 15.2. The van der Waals surface area contributed by atoms with Gasteiger partial charge in [-0.3, -0.25) is 4.68 Å². The topological polar surface area (TPSA) is 39.1 Å². The smallest absolute Gasteiger partial charge is 0.0662 e. The molecule has 1 aliphatic rings. The van der Waals surface area contributed by atoms with E-state index in [0.717, 1.165) is 38.8 Å². The van der Waals surface area contributed by atoms with Crippen molar-refractivity contribution < 1.29 is 4.74 Å². The molecule has 0 amide bonds. The van der Waals surface area contributed by atoms with E-state index < -0.39 is 0 Å². The highest BCUT2D eigenvalue weighted by atomic mass is 16.5. The van der Waals surface area contributed by atoms with Crippen molar-refractivity contribution >= 4 is 0 Å². The molecule has 0 aromatic carbocycles. The maximum atomic E-state index is 5.65. The minimum Gasteiger partial charge on any atom is -0.379 e. The first-order chi connectivity index (χ1) is 9.58. The van der Waals surface area contributed by atoms with Gasteiger partial charge in [0.25, 0.3) is 0 Å². The molecular formula is C16H29N3O. The molecule has 1 N–H and O–H groups in total. The summed E-state index contributed by atoms with van der Waals surface area (Å²) in [5, 5.41) is 8.22. The summed E-state index contributed by atoms with van der Waals surface area (Å²) in [4.78, 5) is 0. The van der Waals surface area contributed by atoms with Crippen LogP contribution in [0.15, 0.2) is 0 Å². The van der Waals surface area contributed by atoms with E-state index in [1.54, 1.807) is 0 Å². The molecule has 1 heterocycles. The summed E-state index contributed by atoms with van der Waals surface area (Å²) in [5.41, 5.74) is 3.87. The van der Waals surface area contributed by atoms with Gasteiger partial charge < -0.3 is 10.1 Å². The summed E-state index contributed by atoms with van der Waals surface area (Å²) in [7, 11) is 0. The van der Waals surface area contributed by atoms with Gasteiger partial charge in [0, 0.05) is 18.3 Å². The molecule has 0 atom stereocenters. The quantitative estimate of drug-likeness (QED) is 0.706. The first kappa shape index (κ1) is 15.5. The molecule has 20 heavy (non-hydrogen) atoms. The van der Waals surface area contributed by atoms with Crippen LogP contribution in [-0.2, 0) is 17.7 Å². The van der Waals surface area contributed by atoms with Crippen LogP contribution >= 0.6 is 0 Å². The highest BCUT2D eigenvalue weighted by Crippen LogP contribution is 2.19. The Morgan fingerprint density at radius 2 is 2.10 bits per heavy atom. The molecule has 1 aromatic heterocycles. The second kappa shape index (κ2) is 7.23. The van der Waals surface area contributed by atoms with Crippen molar-refractivity contribution in [2.75, 3.05) is 19.8 Å². The van der Waals surface area contributed by atoms with Gasteiger partial charge in [-0.25, -0.2) is 0 Å². The SMILES string of the molecule is Cc1nn(CCOCC(C)C)c(C)c1CCNC1CC1. The Kier molecular flexibility index (Phi) is 5.61. The fraction of sp³-hybridized carbons (Fsp3) is 0.812. The van der Waals surface area contributed by atoms with Crippen LogP contribution in [0.1, 0.15) is 43.6 Å². The zero-order valence-corrected chi connectivity index (χ0v) is 13.4. The van der Waals surface area contributed by atoms with E-state index in [4.69, 9.17) is 4.74 Å². The zero-order chi connectivity index (χ0) is 14.5. The van der Waals surface area contributed by atoms with Crippen molar-refractivity contribution in [2.45, 2.75) is 59.5 Å². The minimum atomic E-state index is 0.597. The van der Waals surface area contributed by atoms with E-state index in [0.29, 0.717) is 5.92 Å². The highest BCUT2D eigenvalue weighted by molar-refractivity contribution is 5.24. The summed E-state index contributed by atoms with van der Waals surface area (Å²) in [6.07, 6.45) is 3.79. The van der Waals surface area contributed by atoms with Crippen molar-refractivity contribution in [3.63, 3.8) is 0 Å². The summed E-state index contributed by atoms with van der Waals surface area (Å²) < 4.78 is 7.75. The minimum absolute atomic E-state index is 0.597. The lowest BCUT2D eigenvalue weighted by molar-refractivity contribution is 0.100. The van der Waals surface area contributed by atoms with Crippen LogP contribution in [-0.4, -0.2) is 35.6 Å². The maximum absolute atomic E-state index is 5.65. The van der Waals surface area contributed by atoms with Gasteiger partial charge in [0.2, 0.25) is 0 Å². The van der Waals surface area contributed by atoms with Crippen molar-refractivity contribution in [1.29, 1.82) is 0 Å². The lowest BCUT2D eigenvalue weighted by Crippen LogP contribution is -2.19. The Bertz CT molecular complexity index is 422. The van der Waals surface area contributed by atoms with E-state index in [1.807, 2.05) is 0 Å². The van der Waals surface area contributed by atoms with Gasteiger partial charge in [0.05, 0.1) is 18.8 Å². The highest BCUT2D eigenvalue weighted by Gasteiger charge is 2.20. The largest absolute Gasteiger partial charge is 0.379 e. The molecule has 2 rings (SSSR count). The third-order valence-electron chi connectivity index (χ3n) is 3.82. The molecule has 0 unspecified atom stereocenters. The van der Waals surface area contributed by atoms with Gasteiger partial charge in [-0.15, -0.1) is 0 Å².